The topological polar surface area (TPSA) is 53.9 Å². The van der Waals surface area contributed by atoms with Gasteiger partial charge in [-0.1, -0.05) is 0 Å². The molecule has 0 atom stereocenters. The van der Waals surface area contributed by atoms with Crippen LogP contribution in [-0.4, -0.2) is 32.8 Å². The van der Waals surface area contributed by atoms with E-state index in [1.807, 2.05) is 0 Å². The number of H-pyrrole nitrogens is 1. The second kappa shape index (κ2) is 3.33. The molecule has 1 aliphatic heterocycles. The standard InChI is InChI=1S/C8H14N4O/c1-11-8(13)9-7(10-11)6-12-4-2-3-5-12/h2-6H2,1H3,(H,9,10,13). The number of likely N-dealkylation sites (tertiary alicyclic amines) is 1. The molecule has 1 N–H and O–H groups in total. The molecular weight excluding hydrogens is 168 g/mol. The molecule has 0 saturated carbocycles. The Kier molecular flexibility index (Phi) is 2.18. The first-order valence-corrected chi connectivity index (χ1v) is 4.60. The van der Waals surface area contributed by atoms with Crippen LogP contribution < -0.4 is 5.69 Å². The molecule has 13 heavy (non-hydrogen) atoms. The molecule has 1 aromatic heterocycles. The summed E-state index contributed by atoms with van der Waals surface area (Å²) in [6.07, 6.45) is 2.52. The number of aryl methyl sites for hydroxylation is 1. The fraction of sp³-hybridized carbons (Fsp3) is 0.750. The van der Waals surface area contributed by atoms with Gasteiger partial charge in [-0.2, -0.15) is 5.10 Å². The zero-order valence-corrected chi connectivity index (χ0v) is 7.79. The van der Waals surface area contributed by atoms with Crippen molar-refractivity contribution in [2.24, 2.45) is 7.05 Å². The van der Waals surface area contributed by atoms with Gasteiger partial charge in [0.2, 0.25) is 0 Å². The Morgan fingerprint density at radius 2 is 2.15 bits per heavy atom. The van der Waals surface area contributed by atoms with Crippen molar-refractivity contribution in [1.29, 1.82) is 0 Å². The second-order valence-electron chi connectivity index (χ2n) is 3.48. The van der Waals surface area contributed by atoms with Gasteiger partial charge in [-0.15, -0.1) is 0 Å². The molecule has 5 heteroatoms. The molecular formula is C8H14N4O. The van der Waals surface area contributed by atoms with Crippen LogP contribution in [0, 0.1) is 0 Å². The number of hydrogen-bond acceptors (Lipinski definition) is 3. The Labute approximate surface area is 76.4 Å². The highest BCUT2D eigenvalue weighted by atomic mass is 16.1. The summed E-state index contributed by atoms with van der Waals surface area (Å²) in [6, 6.07) is 0. The second-order valence-corrected chi connectivity index (χ2v) is 3.48. The Balaban J connectivity index is 2.04. The average molecular weight is 182 g/mol. The SMILES string of the molecule is Cn1nc(CN2CCCC2)[nH]c1=O. The fourth-order valence-corrected chi connectivity index (χ4v) is 1.68. The lowest BCUT2D eigenvalue weighted by molar-refractivity contribution is 0.322. The van der Waals surface area contributed by atoms with Crippen molar-refractivity contribution in [2.45, 2.75) is 19.4 Å². The molecule has 5 nitrogen and oxygen atoms in total. The van der Waals surface area contributed by atoms with Gasteiger partial charge in [0.1, 0.15) is 5.82 Å². The largest absolute Gasteiger partial charge is 0.343 e. The molecule has 2 rings (SSSR count). The van der Waals surface area contributed by atoms with Gasteiger partial charge < -0.3 is 0 Å². The van der Waals surface area contributed by atoms with Crippen molar-refractivity contribution in [3.63, 3.8) is 0 Å². The highest BCUT2D eigenvalue weighted by Gasteiger charge is 2.13. The lowest BCUT2D eigenvalue weighted by Gasteiger charge is -2.10. The van der Waals surface area contributed by atoms with Crippen LogP contribution in [0.4, 0.5) is 0 Å². The minimum Gasteiger partial charge on any atom is -0.296 e. The Hall–Kier alpha value is -1.10. The third-order valence-electron chi connectivity index (χ3n) is 2.39. The normalized spacial score (nSPS) is 18.2. The van der Waals surface area contributed by atoms with E-state index < -0.39 is 0 Å². The molecule has 0 amide bonds. The molecule has 1 fully saturated rings. The monoisotopic (exact) mass is 182 g/mol. The predicted octanol–water partition coefficient (Wildman–Crippen LogP) is -0.296. The van der Waals surface area contributed by atoms with Crippen molar-refractivity contribution < 1.29 is 0 Å². The van der Waals surface area contributed by atoms with Crippen LogP contribution in [0.1, 0.15) is 18.7 Å². The Morgan fingerprint density at radius 1 is 1.46 bits per heavy atom. The summed E-state index contributed by atoms with van der Waals surface area (Å²) in [6.45, 7) is 3.02. The first kappa shape index (κ1) is 8.50. The summed E-state index contributed by atoms with van der Waals surface area (Å²) in [7, 11) is 1.66. The fourth-order valence-electron chi connectivity index (χ4n) is 1.68. The highest BCUT2D eigenvalue weighted by molar-refractivity contribution is 4.83. The van der Waals surface area contributed by atoms with Crippen LogP contribution in [0.2, 0.25) is 0 Å². The van der Waals surface area contributed by atoms with Gasteiger partial charge in [-0.05, 0) is 25.9 Å². The van der Waals surface area contributed by atoms with Gasteiger partial charge in [0.05, 0.1) is 6.54 Å². The van der Waals surface area contributed by atoms with Crippen LogP contribution >= 0.6 is 0 Å². The van der Waals surface area contributed by atoms with Gasteiger partial charge in [0.25, 0.3) is 0 Å². The molecule has 0 aromatic carbocycles. The molecule has 72 valence electrons. The van der Waals surface area contributed by atoms with E-state index in [2.05, 4.69) is 15.0 Å². The lowest BCUT2D eigenvalue weighted by atomic mass is 10.4. The van der Waals surface area contributed by atoms with Gasteiger partial charge >= 0.3 is 5.69 Å². The molecule has 0 radical (unpaired) electrons. The van der Waals surface area contributed by atoms with Gasteiger partial charge in [-0.25, -0.2) is 9.48 Å². The van der Waals surface area contributed by atoms with Crippen molar-refractivity contribution in [3.05, 3.63) is 16.3 Å². The quantitative estimate of drug-likeness (QED) is 0.683. The minimum absolute atomic E-state index is 0.130. The van der Waals surface area contributed by atoms with E-state index in [0.29, 0.717) is 0 Å². The summed E-state index contributed by atoms with van der Waals surface area (Å²) in [4.78, 5) is 16.1. The van der Waals surface area contributed by atoms with E-state index in [1.165, 1.54) is 17.5 Å². The summed E-state index contributed by atoms with van der Waals surface area (Å²) >= 11 is 0. The van der Waals surface area contributed by atoms with Crippen molar-refractivity contribution in [2.75, 3.05) is 13.1 Å². The van der Waals surface area contributed by atoms with Crippen LogP contribution in [-0.2, 0) is 13.6 Å². The molecule has 0 unspecified atom stereocenters. The molecule has 0 bridgehead atoms. The van der Waals surface area contributed by atoms with Crippen molar-refractivity contribution >= 4 is 0 Å². The van der Waals surface area contributed by atoms with Crippen LogP contribution in [0.5, 0.6) is 0 Å². The van der Waals surface area contributed by atoms with Crippen LogP contribution in [0.25, 0.3) is 0 Å². The van der Waals surface area contributed by atoms with Crippen molar-refractivity contribution in [3.8, 4) is 0 Å². The van der Waals surface area contributed by atoms with E-state index in [0.717, 1.165) is 25.5 Å². The van der Waals surface area contributed by atoms with Gasteiger partial charge in [0, 0.05) is 7.05 Å². The highest BCUT2D eigenvalue weighted by Crippen LogP contribution is 2.08. The van der Waals surface area contributed by atoms with E-state index >= 15 is 0 Å². The van der Waals surface area contributed by atoms with E-state index in [-0.39, 0.29) is 5.69 Å². The zero-order valence-electron chi connectivity index (χ0n) is 7.79. The summed E-state index contributed by atoms with van der Waals surface area (Å²) in [5.41, 5.74) is -0.130. The summed E-state index contributed by atoms with van der Waals surface area (Å²) in [5, 5.41) is 4.08. The molecule has 0 aliphatic carbocycles. The minimum atomic E-state index is -0.130. The summed E-state index contributed by atoms with van der Waals surface area (Å²) in [5.74, 6) is 0.773. The van der Waals surface area contributed by atoms with E-state index in [4.69, 9.17) is 0 Å². The third-order valence-corrected chi connectivity index (χ3v) is 2.39. The van der Waals surface area contributed by atoms with E-state index in [9.17, 15) is 4.79 Å². The zero-order chi connectivity index (χ0) is 9.26. The third kappa shape index (κ3) is 1.80. The Morgan fingerprint density at radius 3 is 2.69 bits per heavy atom. The number of aromatic nitrogens is 3. The maximum Gasteiger partial charge on any atom is 0.343 e. The number of aromatic amines is 1. The number of nitrogens with zero attached hydrogens (tertiary/aromatic N) is 3. The number of rotatable bonds is 2. The van der Waals surface area contributed by atoms with Crippen molar-refractivity contribution in [1.82, 2.24) is 19.7 Å². The maximum absolute atomic E-state index is 11.0. The lowest BCUT2D eigenvalue weighted by Crippen LogP contribution is -2.19. The average Bonchev–Trinajstić information content (AvgIpc) is 2.64. The first-order valence-electron chi connectivity index (χ1n) is 4.60. The molecule has 1 aromatic rings. The smallest absolute Gasteiger partial charge is 0.296 e. The van der Waals surface area contributed by atoms with E-state index in [1.54, 1.807) is 7.05 Å². The maximum atomic E-state index is 11.0. The van der Waals surface area contributed by atoms with Gasteiger partial charge in [0.15, 0.2) is 0 Å². The summed E-state index contributed by atoms with van der Waals surface area (Å²) < 4.78 is 1.34. The Bertz CT molecular complexity index is 334. The molecule has 2 heterocycles. The molecule has 0 spiro atoms. The molecule has 1 aliphatic rings. The van der Waals surface area contributed by atoms with Gasteiger partial charge in [-0.3, -0.25) is 9.88 Å². The van der Waals surface area contributed by atoms with Crippen LogP contribution in [0.15, 0.2) is 4.79 Å². The van der Waals surface area contributed by atoms with Crippen LogP contribution in [0.3, 0.4) is 0 Å². The predicted molar refractivity (Wildman–Crippen MR) is 48.3 cm³/mol. The number of hydrogen-bond donors (Lipinski definition) is 1. The first-order chi connectivity index (χ1) is 6.25. The molecule has 1 saturated heterocycles. The number of nitrogens with one attached hydrogen (secondary N) is 1.